The third-order valence-corrected chi connectivity index (χ3v) is 4.59. The zero-order valence-corrected chi connectivity index (χ0v) is 12.1. The highest BCUT2D eigenvalue weighted by Crippen LogP contribution is 2.35. The smallest absolute Gasteiger partial charge is 0.188 e. The van der Waals surface area contributed by atoms with Gasteiger partial charge >= 0.3 is 0 Å². The summed E-state index contributed by atoms with van der Waals surface area (Å²) in [5.41, 5.74) is 7.06. The van der Waals surface area contributed by atoms with E-state index in [2.05, 4.69) is 21.9 Å². The Morgan fingerprint density at radius 3 is 2.80 bits per heavy atom. The molecular formula is C14H18ClFN4. The van der Waals surface area contributed by atoms with Crippen molar-refractivity contribution in [2.45, 2.75) is 38.6 Å². The molecule has 2 aromatic heterocycles. The molecule has 4 nitrogen and oxygen atoms in total. The molecule has 2 aromatic rings. The molecule has 1 atom stereocenters. The van der Waals surface area contributed by atoms with Crippen LogP contribution in [0.4, 0.5) is 4.39 Å². The van der Waals surface area contributed by atoms with Crippen LogP contribution in [0.1, 0.15) is 44.5 Å². The maximum absolute atomic E-state index is 13.9. The summed E-state index contributed by atoms with van der Waals surface area (Å²) in [6.07, 6.45) is 6.08. The van der Waals surface area contributed by atoms with E-state index in [0.29, 0.717) is 17.3 Å². The van der Waals surface area contributed by atoms with Gasteiger partial charge in [0.15, 0.2) is 11.0 Å². The topological polar surface area (TPSA) is 67.6 Å². The van der Waals surface area contributed by atoms with Crippen molar-refractivity contribution in [1.29, 1.82) is 0 Å². The van der Waals surface area contributed by atoms with E-state index in [1.165, 1.54) is 19.0 Å². The molecule has 2 heterocycles. The molecule has 3 rings (SSSR count). The molecule has 0 radical (unpaired) electrons. The Labute approximate surface area is 121 Å². The van der Waals surface area contributed by atoms with Crippen LogP contribution in [0, 0.1) is 17.7 Å². The van der Waals surface area contributed by atoms with Gasteiger partial charge in [0, 0.05) is 0 Å². The zero-order valence-electron chi connectivity index (χ0n) is 11.4. The lowest BCUT2D eigenvalue weighted by Crippen LogP contribution is -2.26. The molecular weight excluding hydrogens is 279 g/mol. The Balaban J connectivity index is 1.88. The highest BCUT2D eigenvalue weighted by atomic mass is 35.5. The Bertz CT molecular complexity index is 619. The average Bonchev–Trinajstić information content (AvgIpc) is 2.88. The minimum Gasteiger partial charge on any atom is -0.339 e. The van der Waals surface area contributed by atoms with E-state index in [1.807, 2.05) is 0 Å². The lowest BCUT2D eigenvalue weighted by Gasteiger charge is -2.29. The second-order valence-electron chi connectivity index (χ2n) is 5.79. The summed E-state index contributed by atoms with van der Waals surface area (Å²) in [6, 6.07) is -0.187. The first-order valence-electron chi connectivity index (χ1n) is 7.01. The fraction of sp³-hybridized carbons (Fsp3) is 0.571. The van der Waals surface area contributed by atoms with Gasteiger partial charge in [-0.1, -0.05) is 31.4 Å². The molecule has 1 saturated carbocycles. The van der Waals surface area contributed by atoms with Gasteiger partial charge in [-0.25, -0.2) is 14.4 Å². The molecule has 1 aliphatic rings. The number of aromatic amines is 1. The normalized spacial score (nSPS) is 25.0. The van der Waals surface area contributed by atoms with Crippen molar-refractivity contribution >= 4 is 22.6 Å². The first kappa shape index (κ1) is 13.8. The van der Waals surface area contributed by atoms with Crippen molar-refractivity contribution in [1.82, 2.24) is 15.0 Å². The predicted octanol–water partition coefficient (Wildman–Crippen LogP) is 3.58. The molecule has 3 N–H and O–H groups in total. The molecule has 6 heteroatoms. The lowest BCUT2D eigenvalue weighted by atomic mass is 9.79. The van der Waals surface area contributed by atoms with Crippen LogP contribution in [0.5, 0.6) is 0 Å². The van der Waals surface area contributed by atoms with Gasteiger partial charge in [-0.05, 0) is 24.7 Å². The quantitative estimate of drug-likeness (QED) is 0.832. The van der Waals surface area contributed by atoms with Crippen LogP contribution >= 0.6 is 11.6 Å². The van der Waals surface area contributed by atoms with E-state index in [4.69, 9.17) is 17.3 Å². The fourth-order valence-corrected chi connectivity index (χ4v) is 3.11. The van der Waals surface area contributed by atoms with Gasteiger partial charge in [0.25, 0.3) is 0 Å². The first-order valence-corrected chi connectivity index (χ1v) is 7.39. The number of hydrogen-bond donors (Lipinski definition) is 2. The molecule has 0 saturated heterocycles. The van der Waals surface area contributed by atoms with E-state index in [1.54, 1.807) is 0 Å². The number of nitrogens with two attached hydrogens (primary N) is 1. The monoisotopic (exact) mass is 296 g/mol. The van der Waals surface area contributed by atoms with E-state index >= 15 is 0 Å². The van der Waals surface area contributed by atoms with Crippen LogP contribution in [0.25, 0.3) is 11.0 Å². The summed E-state index contributed by atoms with van der Waals surface area (Å²) in [4.78, 5) is 11.1. The summed E-state index contributed by atoms with van der Waals surface area (Å²) in [5.74, 6) is 1.21. The Hall–Kier alpha value is -1.20. The van der Waals surface area contributed by atoms with Gasteiger partial charge in [-0.2, -0.15) is 0 Å². The summed E-state index contributed by atoms with van der Waals surface area (Å²) >= 11 is 5.67. The number of halogens is 2. The van der Waals surface area contributed by atoms with Crippen LogP contribution in [-0.2, 0) is 0 Å². The molecule has 1 fully saturated rings. The molecule has 20 heavy (non-hydrogen) atoms. The van der Waals surface area contributed by atoms with Gasteiger partial charge in [-0.15, -0.1) is 0 Å². The molecule has 0 spiro atoms. The van der Waals surface area contributed by atoms with Crippen molar-refractivity contribution < 1.29 is 4.39 Å². The number of aromatic nitrogens is 3. The number of hydrogen-bond acceptors (Lipinski definition) is 3. The second kappa shape index (κ2) is 5.30. The number of pyridine rings is 1. The standard InChI is InChI=1S/C14H18ClFN4/c1-7-2-4-8(5-3-7)11(17)14-19-9-6-18-13(15)10(16)12(9)20-14/h6-8,11H,2-5,17H2,1H3,(H,19,20)/t7?,8?,11-/m0/s1. The summed E-state index contributed by atoms with van der Waals surface area (Å²) in [7, 11) is 0. The van der Waals surface area contributed by atoms with Gasteiger partial charge < -0.3 is 10.7 Å². The van der Waals surface area contributed by atoms with Crippen molar-refractivity contribution in [3.8, 4) is 0 Å². The van der Waals surface area contributed by atoms with Gasteiger partial charge in [0.2, 0.25) is 0 Å². The highest BCUT2D eigenvalue weighted by molar-refractivity contribution is 6.30. The van der Waals surface area contributed by atoms with E-state index in [-0.39, 0.29) is 16.7 Å². The third-order valence-electron chi connectivity index (χ3n) is 4.33. The number of rotatable bonds is 2. The number of nitrogens with one attached hydrogen (secondary N) is 1. The number of nitrogens with zero attached hydrogens (tertiary/aromatic N) is 2. The number of H-pyrrole nitrogens is 1. The Morgan fingerprint density at radius 1 is 1.40 bits per heavy atom. The maximum Gasteiger partial charge on any atom is 0.188 e. The minimum atomic E-state index is -0.587. The average molecular weight is 297 g/mol. The van der Waals surface area contributed by atoms with Crippen molar-refractivity contribution in [2.75, 3.05) is 0 Å². The Kier molecular flexibility index (Phi) is 3.65. The number of imidazole rings is 1. The van der Waals surface area contributed by atoms with Gasteiger partial charge in [-0.3, -0.25) is 0 Å². The summed E-state index contributed by atoms with van der Waals surface area (Å²) in [5, 5.41) is -0.157. The molecule has 0 amide bonds. The van der Waals surface area contributed by atoms with Crippen molar-refractivity contribution in [3.05, 3.63) is 23.0 Å². The van der Waals surface area contributed by atoms with Crippen LogP contribution in [-0.4, -0.2) is 15.0 Å². The second-order valence-corrected chi connectivity index (χ2v) is 6.15. The maximum atomic E-state index is 13.9. The summed E-state index contributed by atoms with van der Waals surface area (Å²) in [6.45, 7) is 2.27. The minimum absolute atomic E-state index is 0.157. The lowest BCUT2D eigenvalue weighted by molar-refractivity contribution is 0.252. The fourth-order valence-electron chi connectivity index (χ4n) is 2.97. The van der Waals surface area contributed by atoms with E-state index in [0.717, 1.165) is 18.8 Å². The molecule has 108 valence electrons. The molecule has 1 aliphatic carbocycles. The van der Waals surface area contributed by atoms with E-state index in [9.17, 15) is 4.39 Å². The SMILES string of the molecule is CC1CCC([C@H](N)c2nc3c(F)c(Cl)ncc3[nH]2)CC1. The zero-order chi connectivity index (χ0) is 14.3. The van der Waals surface area contributed by atoms with E-state index < -0.39 is 5.82 Å². The summed E-state index contributed by atoms with van der Waals surface area (Å²) < 4.78 is 13.9. The van der Waals surface area contributed by atoms with Crippen LogP contribution < -0.4 is 5.73 Å². The van der Waals surface area contributed by atoms with Crippen LogP contribution in [0.3, 0.4) is 0 Å². The van der Waals surface area contributed by atoms with Crippen molar-refractivity contribution in [3.63, 3.8) is 0 Å². The highest BCUT2D eigenvalue weighted by Gasteiger charge is 2.27. The van der Waals surface area contributed by atoms with Crippen LogP contribution in [0.2, 0.25) is 5.15 Å². The van der Waals surface area contributed by atoms with Crippen LogP contribution in [0.15, 0.2) is 6.20 Å². The predicted molar refractivity (Wildman–Crippen MR) is 76.9 cm³/mol. The van der Waals surface area contributed by atoms with Crippen molar-refractivity contribution in [2.24, 2.45) is 17.6 Å². The largest absolute Gasteiger partial charge is 0.339 e. The molecule has 0 unspecified atom stereocenters. The molecule has 0 bridgehead atoms. The van der Waals surface area contributed by atoms with Gasteiger partial charge in [0.1, 0.15) is 11.3 Å². The molecule has 0 aliphatic heterocycles. The van der Waals surface area contributed by atoms with Gasteiger partial charge in [0.05, 0.1) is 17.8 Å². The first-order chi connectivity index (χ1) is 9.56. The number of fused-ring (bicyclic) bond motifs is 1. The molecule has 0 aromatic carbocycles. The Morgan fingerprint density at radius 2 is 2.10 bits per heavy atom. The third kappa shape index (κ3) is 2.40.